The van der Waals surface area contributed by atoms with E-state index in [1.54, 1.807) is 24.9 Å². The van der Waals surface area contributed by atoms with Crippen LogP contribution < -0.4 is 14.4 Å². The summed E-state index contributed by atoms with van der Waals surface area (Å²) >= 11 is 1.72. The molecule has 0 aliphatic heterocycles. The van der Waals surface area contributed by atoms with Crippen LogP contribution in [0.3, 0.4) is 0 Å². The molecule has 174 valence electrons. The number of rotatable bonds is 12. The Morgan fingerprint density at radius 2 is 1.70 bits per heavy atom. The van der Waals surface area contributed by atoms with Gasteiger partial charge in [0, 0.05) is 35.5 Å². The van der Waals surface area contributed by atoms with Crippen LogP contribution in [-0.4, -0.2) is 43.6 Å². The number of hydrogen-bond acceptors (Lipinski definition) is 5. The quantitative estimate of drug-likeness (QED) is 0.348. The molecule has 0 aliphatic carbocycles. The number of benzene rings is 3. The topological polar surface area (TPSA) is 59.0 Å². The van der Waals surface area contributed by atoms with Crippen molar-refractivity contribution in [3.05, 3.63) is 83.4 Å². The predicted molar refractivity (Wildman–Crippen MR) is 135 cm³/mol. The van der Waals surface area contributed by atoms with Gasteiger partial charge in [0.2, 0.25) is 0 Å². The van der Waals surface area contributed by atoms with Crippen molar-refractivity contribution in [2.45, 2.75) is 25.2 Å². The minimum absolute atomic E-state index is 0.369. The Hall–Kier alpha value is -3.12. The molecule has 3 aromatic rings. The van der Waals surface area contributed by atoms with Gasteiger partial charge in [-0.15, -0.1) is 11.8 Å². The molecule has 0 atom stereocenters. The number of carbonyl (C=O) groups is 1. The van der Waals surface area contributed by atoms with Gasteiger partial charge in [-0.1, -0.05) is 42.5 Å². The Morgan fingerprint density at radius 3 is 2.33 bits per heavy atom. The number of methoxy groups -OCH3 is 1. The number of anilines is 1. The number of hydrogen-bond donors (Lipinski definition) is 1. The van der Waals surface area contributed by atoms with Crippen LogP contribution in [0.5, 0.6) is 11.5 Å². The highest BCUT2D eigenvalue weighted by Crippen LogP contribution is 2.35. The molecule has 1 N–H and O–H groups in total. The van der Waals surface area contributed by atoms with E-state index >= 15 is 0 Å². The predicted octanol–water partition coefficient (Wildman–Crippen LogP) is 5.68. The minimum Gasteiger partial charge on any atom is -0.495 e. The van der Waals surface area contributed by atoms with Crippen LogP contribution in [-0.2, 0) is 11.2 Å². The second-order valence-corrected chi connectivity index (χ2v) is 8.84. The van der Waals surface area contributed by atoms with Gasteiger partial charge in [0.15, 0.2) is 6.61 Å². The summed E-state index contributed by atoms with van der Waals surface area (Å²) in [6.45, 7) is 5.54. The molecule has 3 aromatic carbocycles. The Bertz CT molecular complexity index is 1040. The van der Waals surface area contributed by atoms with E-state index in [0.717, 1.165) is 35.7 Å². The molecule has 0 fully saturated rings. The molecule has 5 nitrogen and oxygen atoms in total. The summed E-state index contributed by atoms with van der Waals surface area (Å²) in [5.41, 5.74) is 4.73. The third kappa shape index (κ3) is 7.19. The van der Waals surface area contributed by atoms with Crippen molar-refractivity contribution in [2.75, 3.05) is 37.5 Å². The first-order valence-electron chi connectivity index (χ1n) is 11.0. The van der Waals surface area contributed by atoms with Crippen molar-refractivity contribution in [1.29, 1.82) is 0 Å². The van der Waals surface area contributed by atoms with Gasteiger partial charge < -0.3 is 19.5 Å². The number of carboxylic acid groups (broad SMARTS) is 1. The summed E-state index contributed by atoms with van der Waals surface area (Å²) < 4.78 is 10.9. The average molecular weight is 466 g/mol. The molecule has 33 heavy (non-hydrogen) atoms. The van der Waals surface area contributed by atoms with Gasteiger partial charge >= 0.3 is 5.97 Å². The minimum atomic E-state index is -1.00. The van der Waals surface area contributed by atoms with E-state index in [2.05, 4.69) is 60.4 Å². The smallest absolute Gasteiger partial charge is 0.341 e. The number of aryl methyl sites for hydroxylation is 1. The Kier molecular flexibility index (Phi) is 9.07. The summed E-state index contributed by atoms with van der Waals surface area (Å²) in [5.74, 6) is 1.12. The SMILES string of the molecule is CCN(CCSc1cc(C)c(OCC(=O)O)cc1OC)c1ccc(Cc2ccccc2)cc1. The summed E-state index contributed by atoms with van der Waals surface area (Å²) in [6, 6.07) is 23.1. The van der Waals surface area contributed by atoms with E-state index in [1.165, 1.54) is 16.8 Å². The first-order chi connectivity index (χ1) is 16.0. The van der Waals surface area contributed by atoms with Gasteiger partial charge in [0.1, 0.15) is 11.5 Å². The van der Waals surface area contributed by atoms with Crippen LogP contribution in [0.2, 0.25) is 0 Å². The highest BCUT2D eigenvalue weighted by molar-refractivity contribution is 7.99. The summed E-state index contributed by atoms with van der Waals surface area (Å²) in [4.78, 5) is 14.2. The van der Waals surface area contributed by atoms with Crippen molar-refractivity contribution in [3.8, 4) is 11.5 Å². The Morgan fingerprint density at radius 1 is 1.00 bits per heavy atom. The third-order valence-electron chi connectivity index (χ3n) is 5.37. The maximum Gasteiger partial charge on any atom is 0.341 e. The number of carboxylic acids is 1. The van der Waals surface area contributed by atoms with E-state index in [9.17, 15) is 4.79 Å². The van der Waals surface area contributed by atoms with Crippen molar-refractivity contribution < 1.29 is 19.4 Å². The Labute approximate surface area is 200 Å². The molecule has 0 heterocycles. The van der Waals surface area contributed by atoms with Gasteiger partial charge in [-0.2, -0.15) is 0 Å². The second kappa shape index (κ2) is 12.2. The average Bonchev–Trinajstić information content (AvgIpc) is 2.82. The largest absolute Gasteiger partial charge is 0.495 e. The first-order valence-corrected chi connectivity index (χ1v) is 12.0. The van der Waals surface area contributed by atoms with Crippen molar-refractivity contribution in [1.82, 2.24) is 0 Å². The molecule has 0 amide bonds. The molecule has 0 saturated carbocycles. The monoisotopic (exact) mass is 465 g/mol. The summed E-state index contributed by atoms with van der Waals surface area (Å²) in [7, 11) is 1.62. The van der Waals surface area contributed by atoms with Crippen LogP contribution >= 0.6 is 11.8 Å². The molecule has 6 heteroatoms. The fraction of sp³-hybridized carbons (Fsp3) is 0.296. The lowest BCUT2D eigenvalue weighted by Gasteiger charge is -2.23. The highest BCUT2D eigenvalue weighted by Gasteiger charge is 2.12. The maximum absolute atomic E-state index is 10.8. The Balaban J connectivity index is 1.59. The van der Waals surface area contributed by atoms with Crippen LogP contribution in [0, 0.1) is 6.92 Å². The molecular formula is C27H31NO4S. The van der Waals surface area contributed by atoms with E-state index in [0.29, 0.717) is 11.5 Å². The van der Waals surface area contributed by atoms with Crippen molar-refractivity contribution in [3.63, 3.8) is 0 Å². The van der Waals surface area contributed by atoms with Gasteiger partial charge in [-0.05, 0) is 55.2 Å². The molecule has 0 unspecified atom stereocenters. The lowest BCUT2D eigenvalue weighted by atomic mass is 10.0. The molecule has 0 radical (unpaired) electrons. The van der Waals surface area contributed by atoms with Gasteiger partial charge in [-0.3, -0.25) is 0 Å². The van der Waals surface area contributed by atoms with Crippen LogP contribution in [0.1, 0.15) is 23.6 Å². The zero-order chi connectivity index (χ0) is 23.6. The number of nitrogens with zero attached hydrogens (tertiary/aromatic N) is 1. The molecule has 0 spiro atoms. The fourth-order valence-electron chi connectivity index (χ4n) is 3.60. The lowest BCUT2D eigenvalue weighted by molar-refractivity contribution is -0.139. The zero-order valence-corrected chi connectivity index (χ0v) is 20.2. The van der Waals surface area contributed by atoms with E-state index in [4.69, 9.17) is 14.6 Å². The molecule has 0 saturated heterocycles. The zero-order valence-electron chi connectivity index (χ0n) is 19.4. The van der Waals surface area contributed by atoms with Gasteiger partial charge in [0.05, 0.1) is 7.11 Å². The summed E-state index contributed by atoms with van der Waals surface area (Å²) in [6.07, 6.45) is 0.939. The van der Waals surface area contributed by atoms with Gasteiger partial charge in [0.25, 0.3) is 0 Å². The van der Waals surface area contributed by atoms with E-state index < -0.39 is 5.97 Å². The van der Waals surface area contributed by atoms with Crippen LogP contribution in [0.4, 0.5) is 5.69 Å². The number of aliphatic carboxylic acids is 1. The van der Waals surface area contributed by atoms with E-state index in [1.807, 2.05) is 19.1 Å². The standard InChI is InChI=1S/C27H31NO4S/c1-4-28(23-12-10-22(11-13-23)17-21-8-6-5-7-9-21)14-15-33-26-16-20(2)24(18-25(26)31-3)32-19-27(29)30/h5-13,16,18H,4,14-15,17,19H2,1-3H3,(H,29,30). The third-order valence-corrected chi connectivity index (χ3v) is 6.38. The molecule has 3 rings (SSSR count). The maximum atomic E-state index is 10.8. The molecule has 0 aliphatic rings. The van der Waals surface area contributed by atoms with Gasteiger partial charge in [-0.25, -0.2) is 4.79 Å². The number of ether oxygens (including phenoxy) is 2. The van der Waals surface area contributed by atoms with Crippen LogP contribution in [0.15, 0.2) is 71.6 Å². The number of thioether (sulfide) groups is 1. The normalized spacial score (nSPS) is 10.6. The van der Waals surface area contributed by atoms with E-state index in [-0.39, 0.29) is 6.61 Å². The van der Waals surface area contributed by atoms with Crippen molar-refractivity contribution >= 4 is 23.4 Å². The fourth-order valence-corrected chi connectivity index (χ4v) is 4.68. The molecule has 0 bridgehead atoms. The first kappa shape index (κ1) is 24.5. The molecular weight excluding hydrogens is 434 g/mol. The second-order valence-electron chi connectivity index (χ2n) is 7.71. The lowest BCUT2D eigenvalue weighted by Crippen LogP contribution is -2.25. The molecule has 0 aromatic heterocycles. The highest BCUT2D eigenvalue weighted by atomic mass is 32.2. The van der Waals surface area contributed by atoms with Crippen molar-refractivity contribution in [2.24, 2.45) is 0 Å². The summed E-state index contributed by atoms with van der Waals surface area (Å²) in [5, 5.41) is 8.85. The van der Waals surface area contributed by atoms with Crippen LogP contribution in [0.25, 0.3) is 0 Å².